The number of carbonyl (C=O) groups excluding carboxylic acids is 3. The van der Waals surface area contributed by atoms with Crippen LogP contribution in [0, 0.1) is 0 Å². The second-order valence-electron chi connectivity index (χ2n) is 5.17. The van der Waals surface area contributed by atoms with Gasteiger partial charge in [0.2, 0.25) is 17.7 Å². The summed E-state index contributed by atoms with van der Waals surface area (Å²) in [5, 5.41) is 0. The van der Waals surface area contributed by atoms with E-state index in [1.54, 1.807) is 11.9 Å². The maximum atomic E-state index is 12.0. The van der Waals surface area contributed by atoms with Crippen LogP contribution in [0.4, 0.5) is 0 Å². The highest BCUT2D eigenvalue weighted by Gasteiger charge is 2.29. The van der Waals surface area contributed by atoms with E-state index in [1.165, 1.54) is 4.90 Å². The molecule has 0 spiro atoms. The number of likely N-dealkylation sites (tertiary alicyclic amines) is 1. The highest BCUT2D eigenvalue weighted by atomic mass is 16.5. The smallest absolute Gasteiger partial charge is 0.229 e. The zero-order valence-corrected chi connectivity index (χ0v) is 12.7. The fourth-order valence-corrected chi connectivity index (χ4v) is 2.21. The number of nitrogens with zero attached hydrogens (tertiary/aromatic N) is 2. The average Bonchev–Trinajstić information content (AvgIpc) is 2.84. The van der Waals surface area contributed by atoms with Crippen molar-refractivity contribution in [2.24, 2.45) is 0 Å². The molecule has 3 amide bonds. The zero-order valence-electron chi connectivity index (χ0n) is 12.7. The highest BCUT2D eigenvalue weighted by Crippen LogP contribution is 2.12. The summed E-state index contributed by atoms with van der Waals surface area (Å²) < 4.78 is 5.53. The van der Waals surface area contributed by atoms with E-state index in [0.717, 1.165) is 5.75 Å². The van der Waals surface area contributed by atoms with Crippen LogP contribution < -0.4 is 4.74 Å². The number of likely N-dealkylation sites (N-methyl/N-ethyl adjacent to an activating group) is 1. The number of ether oxygens (including phenoxy) is 1. The monoisotopic (exact) mass is 304 g/mol. The van der Waals surface area contributed by atoms with E-state index < -0.39 is 0 Å². The Labute approximate surface area is 129 Å². The Morgan fingerprint density at radius 2 is 1.82 bits per heavy atom. The lowest BCUT2D eigenvalue weighted by molar-refractivity contribution is -0.139. The van der Waals surface area contributed by atoms with Crippen LogP contribution in [-0.4, -0.2) is 54.3 Å². The molecule has 1 fully saturated rings. The van der Waals surface area contributed by atoms with Crippen molar-refractivity contribution < 1.29 is 19.1 Å². The summed E-state index contributed by atoms with van der Waals surface area (Å²) in [6, 6.07) is 9.38. The van der Waals surface area contributed by atoms with E-state index in [-0.39, 0.29) is 43.5 Å². The standard InChI is InChI=1S/C16H20N2O4/c1-17(11-12-22-13-5-3-2-4-6-13)14(19)9-10-18-15(20)7-8-16(18)21/h2-6H,7-12H2,1H3. The maximum Gasteiger partial charge on any atom is 0.229 e. The van der Waals surface area contributed by atoms with Gasteiger partial charge in [-0.1, -0.05) is 18.2 Å². The SMILES string of the molecule is CN(CCOc1ccccc1)C(=O)CCN1C(=O)CCC1=O. The number of benzene rings is 1. The highest BCUT2D eigenvalue weighted by molar-refractivity contribution is 6.02. The third kappa shape index (κ3) is 4.31. The summed E-state index contributed by atoms with van der Waals surface area (Å²) in [5.41, 5.74) is 0. The minimum atomic E-state index is -0.187. The molecule has 118 valence electrons. The third-order valence-corrected chi connectivity index (χ3v) is 3.57. The second-order valence-corrected chi connectivity index (χ2v) is 5.17. The molecule has 6 nitrogen and oxygen atoms in total. The minimum Gasteiger partial charge on any atom is -0.492 e. The second kappa shape index (κ2) is 7.59. The molecule has 1 aromatic rings. The van der Waals surface area contributed by atoms with Crippen LogP contribution in [0.1, 0.15) is 19.3 Å². The molecule has 22 heavy (non-hydrogen) atoms. The number of amides is 3. The van der Waals surface area contributed by atoms with Crippen molar-refractivity contribution in [1.82, 2.24) is 9.80 Å². The summed E-state index contributed by atoms with van der Waals surface area (Å²) in [6.45, 7) is 1.02. The molecule has 2 rings (SSSR count). The molecule has 0 aromatic heterocycles. The van der Waals surface area contributed by atoms with Crippen LogP contribution in [0.3, 0.4) is 0 Å². The van der Waals surface area contributed by atoms with Gasteiger partial charge >= 0.3 is 0 Å². The molecule has 0 unspecified atom stereocenters. The van der Waals surface area contributed by atoms with Crippen molar-refractivity contribution in [2.75, 3.05) is 26.7 Å². The normalized spacial score (nSPS) is 14.3. The fraction of sp³-hybridized carbons (Fsp3) is 0.438. The number of para-hydroxylation sites is 1. The van der Waals surface area contributed by atoms with Crippen molar-refractivity contribution >= 4 is 17.7 Å². The molecular weight excluding hydrogens is 284 g/mol. The molecule has 6 heteroatoms. The summed E-state index contributed by atoms with van der Waals surface area (Å²) in [6.07, 6.45) is 0.668. The molecule has 0 bridgehead atoms. The first-order valence-electron chi connectivity index (χ1n) is 7.33. The summed E-state index contributed by atoms with van der Waals surface area (Å²) in [4.78, 5) is 37.6. The molecule has 1 aliphatic rings. The Morgan fingerprint density at radius 1 is 1.18 bits per heavy atom. The molecule has 0 saturated carbocycles. The van der Waals surface area contributed by atoms with Gasteiger partial charge in [-0.05, 0) is 12.1 Å². The Bertz CT molecular complexity index is 528. The molecule has 0 aliphatic carbocycles. The van der Waals surface area contributed by atoms with Crippen molar-refractivity contribution in [3.05, 3.63) is 30.3 Å². The number of hydrogen-bond donors (Lipinski definition) is 0. The number of imide groups is 1. The van der Waals surface area contributed by atoms with Crippen molar-refractivity contribution in [3.63, 3.8) is 0 Å². The van der Waals surface area contributed by atoms with Crippen molar-refractivity contribution in [1.29, 1.82) is 0 Å². The molecule has 1 heterocycles. The lowest BCUT2D eigenvalue weighted by Crippen LogP contribution is -2.36. The molecule has 0 N–H and O–H groups in total. The van der Waals surface area contributed by atoms with Gasteiger partial charge < -0.3 is 9.64 Å². The predicted octanol–water partition coefficient (Wildman–Crippen LogP) is 1.06. The minimum absolute atomic E-state index is 0.107. The molecular formula is C16H20N2O4. The Balaban J connectivity index is 1.68. The van der Waals surface area contributed by atoms with Crippen molar-refractivity contribution in [2.45, 2.75) is 19.3 Å². The van der Waals surface area contributed by atoms with Gasteiger partial charge in [0.05, 0.1) is 6.54 Å². The van der Waals surface area contributed by atoms with Gasteiger partial charge in [0.15, 0.2) is 0 Å². The van der Waals surface area contributed by atoms with Crippen LogP contribution >= 0.6 is 0 Å². The Hall–Kier alpha value is -2.37. The van der Waals surface area contributed by atoms with E-state index in [2.05, 4.69) is 0 Å². The number of rotatable bonds is 7. The van der Waals surface area contributed by atoms with Gasteiger partial charge in [-0.3, -0.25) is 19.3 Å². The Kier molecular flexibility index (Phi) is 5.52. The molecule has 1 aliphatic heterocycles. The largest absolute Gasteiger partial charge is 0.492 e. The van der Waals surface area contributed by atoms with Gasteiger partial charge in [0.1, 0.15) is 12.4 Å². The Morgan fingerprint density at radius 3 is 2.45 bits per heavy atom. The summed E-state index contributed by atoms with van der Waals surface area (Å²) in [5.74, 6) is 0.279. The van der Waals surface area contributed by atoms with Gasteiger partial charge in [-0.25, -0.2) is 0 Å². The number of hydrogen-bond acceptors (Lipinski definition) is 4. The maximum absolute atomic E-state index is 12.0. The van der Waals surface area contributed by atoms with Crippen LogP contribution in [0.15, 0.2) is 30.3 Å². The van der Waals surface area contributed by atoms with Gasteiger partial charge in [0.25, 0.3) is 0 Å². The molecule has 0 radical (unpaired) electrons. The van der Waals surface area contributed by atoms with E-state index >= 15 is 0 Å². The van der Waals surface area contributed by atoms with Crippen LogP contribution in [0.25, 0.3) is 0 Å². The first-order chi connectivity index (χ1) is 10.6. The summed E-state index contributed by atoms with van der Waals surface area (Å²) in [7, 11) is 1.68. The van der Waals surface area contributed by atoms with Gasteiger partial charge in [-0.2, -0.15) is 0 Å². The van der Waals surface area contributed by atoms with Crippen LogP contribution in [0.2, 0.25) is 0 Å². The fourth-order valence-electron chi connectivity index (χ4n) is 2.21. The molecule has 1 saturated heterocycles. The molecule has 0 atom stereocenters. The van der Waals surface area contributed by atoms with E-state index in [9.17, 15) is 14.4 Å². The first-order valence-corrected chi connectivity index (χ1v) is 7.33. The van der Waals surface area contributed by atoms with Crippen LogP contribution in [-0.2, 0) is 14.4 Å². The van der Waals surface area contributed by atoms with Gasteiger partial charge in [-0.15, -0.1) is 0 Å². The van der Waals surface area contributed by atoms with E-state index in [0.29, 0.717) is 13.2 Å². The quantitative estimate of drug-likeness (QED) is 0.707. The van der Waals surface area contributed by atoms with Crippen LogP contribution in [0.5, 0.6) is 5.75 Å². The number of carbonyl (C=O) groups is 3. The van der Waals surface area contributed by atoms with E-state index in [1.807, 2.05) is 30.3 Å². The lowest BCUT2D eigenvalue weighted by Gasteiger charge is -2.19. The summed E-state index contributed by atoms with van der Waals surface area (Å²) >= 11 is 0. The van der Waals surface area contributed by atoms with Gasteiger partial charge in [0, 0.05) is 32.9 Å². The topological polar surface area (TPSA) is 66.9 Å². The first kappa shape index (κ1) is 16.0. The lowest BCUT2D eigenvalue weighted by atomic mass is 10.3. The zero-order chi connectivity index (χ0) is 15.9. The molecule has 1 aromatic carbocycles. The van der Waals surface area contributed by atoms with Crippen molar-refractivity contribution in [3.8, 4) is 5.75 Å². The van der Waals surface area contributed by atoms with E-state index in [4.69, 9.17) is 4.74 Å². The third-order valence-electron chi connectivity index (χ3n) is 3.57. The predicted molar refractivity (Wildman–Crippen MR) is 80.1 cm³/mol. The average molecular weight is 304 g/mol.